The smallest absolute Gasteiger partial charge is 0.759 e. The standard InChI is InChI=1S/C4H6N2.Na.H2O4S/c1-6-3-2-5-4-6;;1-5(2,3)4/h2-4H,1H3;;(H2,1,2,3,4)/q;+1;/p-1. The molecule has 0 radical (unpaired) electrons. The van der Waals surface area contributed by atoms with E-state index in [-0.39, 0.29) is 29.6 Å². The fraction of sp³-hybridized carbons (Fsp3) is 0.250. The summed E-state index contributed by atoms with van der Waals surface area (Å²) < 4.78 is 36.0. The number of imidazole rings is 1. The summed E-state index contributed by atoms with van der Waals surface area (Å²) >= 11 is 0. The van der Waals surface area contributed by atoms with Crippen LogP contribution in [-0.4, -0.2) is 22.5 Å². The van der Waals surface area contributed by atoms with Gasteiger partial charge in [0.25, 0.3) is 0 Å². The molecule has 0 aliphatic carbocycles. The minimum absolute atomic E-state index is 0. The number of H-pyrrole nitrogens is 1. The zero-order chi connectivity index (χ0) is 8.91. The zero-order valence-corrected chi connectivity index (χ0v) is 9.54. The van der Waals surface area contributed by atoms with Crippen molar-refractivity contribution < 1.29 is 51.6 Å². The molecule has 0 aliphatic rings. The fourth-order valence-electron chi connectivity index (χ4n) is 0.364. The maximum Gasteiger partial charge on any atom is 1.00 e. The van der Waals surface area contributed by atoms with Gasteiger partial charge >= 0.3 is 29.6 Å². The zero-order valence-electron chi connectivity index (χ0n) is 6.72. The van der Waals surface area contributed by atoms with Gasteiger partial charge in [-0.2, -0.15) is 0 Å². The van der Waals surface area contributed by atoms with E-state index < -0.39 is 10.4 Å². The first-order chi connectivity index (χ1) is 4.89. The Balaban J connectivity index is 0. The number of nitrogens with one attached hydrogen (secondary N) is 1. The molecule has 6 nitrogen and oxygen atoms in total. The summed E-state index contributed by atoms with van der Waals surface area (Å²) in [6.45, 7) is 0. The molecule has 1 heterocycles. The largest absolute Gasteiger partial charge is 1.00 e. The normalized spacial score (nSPS) is 9.25. The van der Waals surface area contributed by atoms with Crippen molar-refractivity contribution in [1.29, 1.82) is 0 Å². The van der Waals surface area contributed by atoms with E-state index in [0.717, 1.165) is 0 Å². The Morgan fingerprint density at radius 2 is 1.83 bits per heavy atom. The topological polar surface area (TPSA) is 99.9 Å². The van der Waals surface area contributed by atoms with Crippen molar-refractivity contribution in [2.45, 2.75) is 0 Å². The molecule has 0 saturated carbocycles. The molecule has 12 heavy (non-hydrogen) atoms. The molecule has 1 aromatic heterocycles. The van der Waals surface area contributed by atoms with E-state index in [4.69, 9.17) is 17.5 Å². The van der Waals surface area contributed by atoms with Gasteiger partial charge in [-0.25, -0.2) is 4.57 Å². The van der Waals surface area contributed by atoms with Gasteiger partial charge in [-0.3, -0.25) is 13.4 Å². The van der Waals surface area contributed by atoms with Crippen molar-refractivity contribution in [3.05, 3.63) is 18.7 Å². The summed E-state index contributed by atoms with van der Waals surface area (Å²) in [5.74, 6) is 0. The Morgan fingerprint density at radius 1 is 1.42 bits per heavy atom. The van der Waals surface area contributed by atoms with Crippen LogP contribution in [0.2, 0.25) is 0 Å². The van der Waals surface area contributed by atoms with Gasteiger partial charge in [-0.15, -0.1) is 0 Å². The van der Waals surface area contributed by atoms with Gasteiger partial charge in [-0.1, -0.05) is 0 Å². The molecular weight excluding hydrogens is 195 g/mol. The predicted molar refractivity (Wildman–Crippen MR) is 32.4 cm³/mol. The third-order valence-corrected chi connectivity index (χ3v) is 0.684. The van der Waals surface area contributed by atoms with E-state index in [0.29, 0.717) is 0 Å². The van der Waals surface area contributed by atoms with E-state index in [1.165, 1.54) is 0 Å². The molecule has 0 amide bonds. The SMILES string of the molecule is C[n+]1cc[nH]c1.O=S(=O)([O-])[O-].[Na+]. The summed E-state index contributed by atoms with van der Waals surface area (Å²) in [7, 11) is -3.20. The second kappa shape index (κ2) is 6.58. The van der Waals surface area contributed by atoms with Gasteiger partial charge in [0, 0.05) is 10.4 Å². The number of hydrogen-bond donors (Lipinski definition) is 1. The second-order valence-corrected chi connectivity index (χ2v) is 2.50. The first kappa shape index (κ1) is 14.6. The minimum Gasteiger partial charge on any atom is -0.759 e. The Labute approximate surface area is 92.5 Å². The average Bonchev–Trinajstić information content (AvgIpc) is 2.12. The van der Waals surface area contributed by atoms with E-state index >= 15 is 0 Å². The summed E-state index contributed by atoms with van der Waals surface area (Å²) in [5, 5.41) is 0. The molecular formula is C4H7N2NaO4S. The van der Waals surface area contributed by atoms with E-state index in [2.05, 4.69) is 4.98 Å². The average molecular weight is 202 g/mol. The van der Waals surface area contributed by atoms with Crippen LogP contribution in [0.1, 0.15) is 0 Å². The van der Waals surface area contributed by atoms with Crippen LogP contribution in [0.3, 0.4) is 0 Å². The Kier molecular flexibility index (Phi) is 8.00. The van der Waals surface area contributed by atoms with Crippen molar-refractivity contribution in [2.24, 2.45) is 7.05 Å². The first-order valence-electron chi connectivity index (χ1n) is 2.54. The van der Waals surface area contributed by atoms with Gasteiger partial charge < -0.3 is 9.11 Å². The summed E-state index contributed by atoms with van der Waals surface area (Å²) in [4.78, 5) is 2.89. The quantitative estimate of drug-likeness (QED) is 0.198. The number of nitrogens with zero attached hydrogens (tertiary/aromatic N) is 1. The fourth-order valence-corrected chi connectivity index (χ4v) is 0.364. The predicted octanol–water partition coefficient (Wildman–Crippen LogP) is -4.49. The summed E-state index contributed by atoms with van der Waals surface area (Å²) in [6, 6.07) is 0. The van der Waals surface area contributed by atoms with Crippen molar-refractivity contribution >= 4 is 10.4 Å². The first-order valence-corrected chi connectivity index (χ1v) is 3.87. The third kappa shape index (κ3) is 16.6. The van der Waals surface area contributed by atoms with Gasteiger partial charge in [0.05, 0.1) is 7.05 Å². The molecule has 0 unspecified atom stereocenters. The van der Waals surface area contributed by atoms with Crippen LogP contribution in [0.5, 0.6) is 0 Å². The number of hydrogen-bond acceptors (Lipinski definition) is 4. The minimum atomic E-state index is -5.17. The molecule has 0 spiro atoms. The van der Waals surface area contributed by atoms with Gasteiger partial charge in [-0.05, 0) is 0 Å². The van der Waals surface area contributed by atoms with Crippen LogP contribution in [-0.2, 0) is 17.4 Å². The Bertz CT molecular complexity index is 274. The molecule has 0 aromatic carbocycles. The van der Waals surface area contributed by atoms with Crippen LogP contribution in [0.25, 0.3) is 0 Å². The van der Waals surface area contributed by atoms with Crippen molar-refractivity contribution in [3.8, 4) is 0 Å². The maximum absolute atomic E-state index is 8.52. The number of aromatic amines is 1. The Hall–Kier alpha value is 0.0800. The maximum atomic E-state index is 8.52. The van der Waals surface area contributed by atoms with Crippen LogP contribution in [0, 0.1) is 0 Å². The van der Waals surface area contributed by atoms with Gasteiger partial charge in [0.15, 0.2) is 0 Å². The second-order valence-electron chi connectivity index (χ2n) is 1.69. The van der Waals surface area contributed by atoms with E-state index in [9.17, 15) is 0 Å². The van der Waals surface area contributed by atoms with Gasteiger partial charge in [0.1, 0.15) is 12.4 Å². The molecule has 1 aromatic rings. The van der Waals surface area contributed by atoms with E-state index in [1.54, 1.807) is 0 Å². The van der Waals surface area contributed by atoms with Crippen molar-refractivity contribution in [1.82, 2.24) is 4.98 Å². The molecule has 0 aliphatic heterocycles. The molecule has 0 bridgehead atoms. The molecule has 64 valence electrons. The monoisotopic (exact) mass is 202 g/mol. The molecule has 8 heteroatoms. The molecule has 0 atom stereocenters. The molecule has 0 saturated heterocycles. The third-order valence-electron chi connectivity index (χ3n) is 0.684. The van der Waals surface area contributed by atoms with Crippen molar-refractivity contribution in [3.63, 3.8) is 0 Å². The van der Waals surface area contributed by atoms with Crippen LogP contribution in [0.4, 0.5) is 0 Å². The summed E-state index contributed by atoms with van der Waals surface area (Å²) in [5.41, 5.74) is 0. The van der Waals surface area contributed by atoms with Crippen molar-refractivity contribution in [2.75, 3.05) is 0 Å². The van der Waals surface area contributed by atoms with E-state index in [1.807, 2.05) is 30.3 Å². The number of aromatic nitrogens is 2. The van der Waals surface area contributed by atoms with Crippen LogP contribution >= 0.6 is 0 Å². The molecule has 0 fully saturated rings. The molecule has 1 N–H and O–H groups in total. The molecule has 1 rings (SSSR count). The van der Waals surface area contributed by atoms with Crippen LogP contribution in [0.15, 0.2) is 18.7 Å². The van der Waals surface area contributed by atoms with Crippen LogP contribution < -0.4 is 34.1 Å². The number of rotatable bonds is 0. The van der Waals surface area contributed by atoms with Gasteiger partial charge in [0.2, 0.25) is 6.33 Å². The summed E-state index contributed by atoms with van der Waals surface area (Å²) in [6.07, 6.45) is 5.69. The number of aryl methyl sites for hydroxylation is 1. The Morgan fingerprint density at radius 3 is 1.92 bits per heavy atom.